The van der Waals surface area contributed by atoms with E-state index in [1.54, 1.807) is 7.11 Å². The highest BCUT2D eigenvalue weighted by atomic mass is 16.5. The van der Waals surface area contributed by atoms with Crippen LogP contribution in [0.25, 0.3) is 11.1 Å². The van der Waals surface area contributed by atoms with E-state index in [-0.39, 0.29) is 0 Å². The van der Waals surface area contributed by atoms with Gasteiger partial charge >= 0.3 is 0 Å². The minimum atomic E-state index is 0.621. The first-order valence-electron chi connectivity index (χ1n) is 8.48. The molecule has 0 saturated heterocycles. The Labute approximate surface area is 143 Å². The van der Waals surface area contributed by atoms with Crippen molar-refractivity contribution in [3.05, 3.63) is 47.5 Å². The summed E-state index contributed by atoms with van der Waals surface area (Å²) in [6.07, 6.45) is 0.981. The molecule has 2 aromatic carbocycles. The first-order valence-corrected chi connectivity index (χ1v) is 8.48. The van der Waals surface area contributed by atoms with E-state index in [9.17, 15) is 0 Å². The van der Waals surface area contributed by atoms with E-state index in [0.717, 1.165) is 48.7 Å². The number of nitrogens with one attached hydrogen (secondary N) is 1. The van der Waals surface area contributed by atoms with Crippen molar-refractivity contribution >= 4 is 0 Å². The van der Waals surface area contributed by atoms with Gasteiger partial charge in [-0.3, -0.25) is 0 Å². The lowest BCUT2D eigenvalue weighted by Crippen LogP contribution is -2.24. The van der Waals surface area contributed by atoms with Crippen molar-refractivity contribution in [3.8, 4) is 22.6 Å². The van der Waals surface area contributed by atoms with E-state index >= 15 is 0 Å². The van der Waals surface area contributed by atoms with Gasteiger partial charge in [-0.05, 0) is 24.6 Å². The number of ether oxygens (including phenoxy) is 3. The van der Waals surface area contributed by atoms with E-state index in [1.165, 1.54) is 11.1 Å². The van der Waals surface area contributed by atoms with Gasteiger partial charge in [0.15, 0.2) is 0 Å². The zero-order chi connectivity index (χ0) is 16.8. The molecule has 0 bridgehead atoms. The summed E-state index contributed by atoms with van der Waals surface area (Å²) in [6.45, 7) is 5.82. The molecule has 128 valence electrons. The van der Waals surface area contributed by atoms with Crippen LogP contribution in [0.15, 0.2) is 36.4 Å². The number of methoxy groups -OCH3 is 1. The SMILES string of the molecule is COCCNCCOc1ccc(C)cc1-c1cccc2c1OCC2. The van der Waals surface area contributed by atoms with Gasteiger partial charge in [0.25, 0.3) is 0 Å². The van der Waals surface area contributed by atoms with Crippen LogP contribution in [-0.4, -0.2) is 40.0 Å². The van der Waals surface area contributed by atoms with Crippen LogP contribution in [0.3, 0.4) is 0 Å². The van der Waals surface area contributed by atoms with Crippen molar-refractivity contribution < 1.29 is 14.2 Å². The van der Waals surface area contributed by atoms with Gasteiger partial charge in [0.05, 0.1) is 13.2 Å². The van der Waals surface area contributed by atoms with Crippen molar-refractivity contribution in [2.24, 2.45) is 0 Å². The van der Waals surface area contributed by atoms with E-state index in [2.05, 4.69) is 42.6 Å². The third-order valence-corrected chi connectivity index (χ3v) is 4.16. The highest BCUT2D eigenvalue weighted by Gasteiger charge is 2.19. The molecule has 0 radical (unpaired) electrons. The molecule has 0 saturated carbocycles. The molecule has 1 N–H and O–H groups in total. The molecule has 0 atom stereocenters. The minimum absolute atomic E-state index is 0.621. The Kier molecular flexibility index (Phi) is 5.72. The summed E-state index contributed by atoms with van der Waals surface area (Å²) in [7, 11) is 1.71. The Balaban J connectivity index is 1.76. The quantitative estimate of drug-likeness (QED) is 0.756. The molecule has 0 unspecified atom stereocenters. The van der Waals surface area contributed by atoms with Crippen molar-refractivity contribution in [1.82, 2.24) is 5.32 Å². The Morgan fingerprint density at radius 1 is 1.08 bits per heavy atom. The average Bonchev–Trinajstić information content (AvgIpc) is 3.07. The summed E-state index contributed by atoms with van der Waals surface area (Å²) in [5.41, 5.74) is 4.72. The molecule has 1 aliphatic heterocycles. The van der Waals surface area contributed by atoms with Crippen molar-refractivity contribution in [2.75, 3.05) is 40.0 Å². The Morgan fingerprint density at radius 3 is 2.83 bits per heavy atom. The predicted molar refractivity (Wildman–Crippen MR) is 96.1 cm³/mol. The molecule has 2 aromatic rings. The van der Waals surface area contributed by atoms with Crippen molar-refractivity contribution in [3.63, 3.8) is 0 Å². The first kappa shape index (κ1) is 16.8. The number of para-hydroxylation sites is 1. The van der Waals surface area contributed by atoms with Gasteiger partial charge in [-0.25, -0.2) is 0 Å². The van der Waals surface area contributed by atoms with Gasteiger partial charge in [0.1, 0.15) is 18.1 Å². The van der Waals surface area contributed by atoms with Crippen molar-refractivity contribution in [1.29, 1.82) is 0 Å². The molecule has 4 nitrogen and oxygen atoms in total. The van der Waals surface area contributed by atoms with Gasteiger partial charge in [0, 0.05) is 37.7 Å². The second-order valence-electron chi connectivity index (χ2n) is 5.98. The van der Waals surface area contributed by atoms with E-state index in [4.69, 9.17) is 14.2 Å². The van der Waals surface area contributed by atoms with E-state index < -0.39 is 0 Å². The average molecular weight is 327 g/mol. The standard InChI is InChI=1S/C20H25NO3/c1-15-6-7-19(23-13-10-21-9-12-22-2)18(14-15)17-5-3-4-16-8-11-24-20(16)17/h3-7,14,21H,8-13H2,1-2H3. The Bertz CT molecular complexity index is 685. The van der Waals surface area contributed by atoms with Crippen LogP contribution in [0.5, 0.6) is 11.5 Å². The molecule has 1 aliphatic rings. The summed E-state index contributed by atoms with van der Waals surface area (Å²) < 4.78 is 16.9. The summed E-state index contributed by atoms with van der Waals surface area (Å²) in [5, 5.41) is 3.29. The molecule has 24 heavy (non-hydrogen) atoms. The van der Waals surface area contributed by atoms with Gasteiger partial charge < -0.3 is 19.5 Å². The molecule has 0 aliphatic carbocycles. The monoisotopic (exact) mass is 327 g/mol. The highest BCUT2D eigenvalue weighted by Crippen LogP contribution is 2.41. The lowest BCUT2D eigenvalue weighted by atomic mass is 9.99. The fourth-order valence-corrected chi connectivity index (χ4v) is 2.94. The molecule has 4 heteroatoms. The van der Waals surface area contributed by atoms with E-state index in [0.29, 0.717) is 13.2 Å². The Morgan fingerprint density at radius 2 is 1.96 bits per heavy atom. The van der Waals surface area contributed by atoms with Gasteiger partial charge in [-0.1, -0.05) is 29.8 Å². The third-order valence-electron chi connectivity index (χ3n) is 4.16. The first-order chi connectivity index (χ1) is 11.8. The topological polar surface area (TPSA) is 39.7 Å². The second-order valence-corrected chi connectivity index (χ2v) is 5.98. The molecule has 1 heterocycles. The number of rotatable bonds is 8. The van der Waals surface area contributed by atoms with Crippen LogP contribution < -0.4 is 14.8 Å². The van der Waals surface area contributed by atoms with Crippen LogP contribution in [-0.2, 0) is 11.2 Å². The van der Waals surface area contributed by atoms with Crippen LogP contribution in [0.4, 0.5) is 0 Å². The summed E-state index contributed by atoms with van der Waals surface area (Å²) in [5.74, 6) is 1.91. The zero-order valence-electron chi connectivity index (χ0n) is 14.4. The minimum Gasteiger partial charge on any atom is -0.492 e. The normalized spacial score (nSPS) is 12.8. The largest absolute Gasteiger partial charge is 0.492 e. The van der Waals surface area contributed by atoms with E-state index in [1.807, 2.05) is 6.07 Å². The lowest BCUT2D eigenvalue weighted by molar-refractivity contribution is 0.197. The summed E-state index contributed by atoms with van der Waals surface area (Å²) in [6, 6.07) is 12.7. The smallest absolute Gasteiger partial charge is 0.130 e. The molecule has 3 rings (SSSR count). The predicted octanol–water partition coefficient (Wildman–Crippen LogP) is 3.21. The number of fused-ring (bicyclic) bond motifs is 1. The lowest BCUT2D eigenvalue weighted by Gasteiger charge is -2.15. The number of hydrogen-bond donors (Lipinski definition) is 1. The third kappa shape index (κ3) is 3.89. The zero-order valence-corrected chi connectivity index (χ0v) is 14.4. The van der Waals surface area contributed by atoms with Crippen LogP contribution in [0.2, 0.25) is 0 Å². The Hall–Kier alpha value is -2.04. The number of benzene rings is 2. The molecule has 0 amide bonds. The molecule has 0 fully saturated rings. The van der Waals surface area contributed by atoms with Crippen LogP contribution in [0, 0.1) is 6.92 Å². The fourth-order valence-electron chi connectivity index (χ4n) is 2.94. The maximum absolute atomic E-state index is 6.03. The molecule has 0 spiro atoms. The highest BCUT2D eigenvalue weighted by molar-refractivity contribution is 5.78. The second kappa shape index (κ2) is 8.18. The molecular weight excluding hydrogens is 302 g/mol. The van der Waals surface area contributed by atoms with Gasteiger partial charge in [-0.2, -0.15) is 0 Å². The van der Waals surface area contributed by atoms with Crippen molar-refractivity contribution in [2.45, 2.75) is 13.3 Å². The maximum Gasteiger partial charge on any atom is 0.130 e. The van der Waals surface area contributed by atoms with Gasteiger partial charge in [0.2, 0.25) is 0 Å². The van der Waals surface area contributed by atoms with Gasteiger partial charge in [-0.15, -0.1) is 0 Å². The fraction of sp³-hybridized carbons (Fsp3) is 0.400. The van der Waals surface area contributed by atoms with Crippen LogP contribution in [0.1, 0.15) is 11.1 Å². The van der Waals surface area contributed by atoms with Crippen LogP contribution >= 0.6 is 0 Å². The summed E-state index contributed by atoms with van der Waals surface area (Å²) in [4.78, 5) is 0. The molecular formula is C20H25NO3. The maximum atomic E-state index is 6.03. The summed E-state index contributed by atoms with van der Waals surface area (Å²) >= 11 is 0. The number of aryl methyl sites for hydroxylation is 1. The number of hydrogen-bond acceptors (Lipinski definition) is 4. The molecule has 0 aromatic heterocycles.